The zero-order valence-electron chi connectivity index (χ0n) is 22.0. The third-order valence-electron chi connectivity index (χ3n) is 5.86. The van der Waals surface area contributed by atoms with Gasteiger partial charge in [-0.05, 0) is 35.9 Å². The number of benzene rings is 3. The smallest absolute Gasteiger partial charge is 0.234 e. The number of hydrogen-bond acceptors (Lipinski definition) is 8. The van der Waals surface area contributed by atoms with Crippen molar-refractivity contribution in [3.8, 4) is 51.5 Å². The first-order chi connectivity index (χ1) is 19.0. The fourth-order valence-electron chi connectivity index (χ4n) is 4.02. The minimum absolute atomic E-state index is 0.0344. The molecule has 0 unspecified atom stereocenters. The summed E-state index contributed by atoms with van der Waals surface area (Å²) in [6.07, 6.45) is 0. The average molecular weight is 542 g/mol. The molecule has 198 valence electrons. The summed E-state index contributed by atoms with van der Waals surface area (Å²) in [5, 5.41) is 13.5. The van der Waals surface area contributed by atoms with Crippen LogP contribution in [0.25, 0.3) is 22.4 Å². The van der Waals surface area contributed by atoms with Crippen LogP contribution >= 0.6 is 11.8 Å². The molecule has 39 heavy (non-hydrogen) atoms. The Hall–Kier alpha value is -4.68. The van der Waals surface area contributed by atoms with Crippen LogP contribution in [0.1, 0.15) is 5.56 Å². The molecule has 0 spiro atoms. The lowest BCUT2D eigenvalue weighted by Gasteiger charge is -2.17. The second-order valence-electron chi connectivity index (χ2n) is 8.16. The maximum Gasteiger partial charge on any atom is 0.234 e. The van der Waals surface area contributed by atoms with Crippen molar-refractivity contribution in [3.63, 3.8) is 0 Å². The molecule has 0 aliphatic carbocycles. The molecular formula is C30H27N3O5S. The number of nitrogens with zero attached hydrogens (tertiary/aromatic N) is 2. The molecule has 0 atom stereocenters. The van der Waals surface area contributed by atoms with Crippen LogP contribution in [0.15, 0.2) is 77.8 Å². The van der Waals surface area contributed by atoms with Gasteiger partial charge in [0.2, 0.25) is 11.7 Å². The van der Waals surface area contributed by atoms with Gasteiger partial charge < -0.3 is 24.3 Å². The molecule has 8 nitrogen and oxygen atoms in total. The van der Waals surface area contributed by atoms with Gasteiger partial charge in [-0.1, -0.05) is 54.2 Å². The zero-order chi connectivity index (χ0) is 27.8. The normalized spacial score (nSPS) is 10.3. The van der Waals surface area contributed by atoms with Gasteiger partial charge in [0.05, 0.1) is 51.1 Å². The second-order valence-corrected chi connectivity index (χ2v) is 9.13. The van der Waals surface area contributed by atoms with Crippen molar-refractivity contribution >= 4 is 23.4 Å². The number of ether oxygens (including phenoxy) is 4. The van der Waals surface area contributed by atoms with E-state index >= 15 is 0 Å². The first-order valence-electron chi connectivity index (χ1n) is 11.9. The van der Waals surface area contributed by atoms with E-state index in [1.165, 1.54) is 33.1 Å². The van der Waals surface area contributed by atoms with E-state index in [1.807, 2.05) is 48.5 Å². The van der Waals surface area contributed by atoms with Gasteiger partial charge in [0, 0.05) is 11.1 Å². The van der Waals surface area contributed by atoms with Gasteiger partial charge >= 0.3 is 0 Å². The van der Waals surface area contributed by atoms with Gasteiger partial charge in [-0.15, -0.1) is 0 Å². The van der Waals surface area contributed by atoms with E-state index in [0.717, 1.165) is 5.56 Å². The third-order valence-corrected chi connectivity index (χ3v) is 6.84. The van der Waals surface area contributed by atoms with Crippen LogP contribution in [0.2, 0.25) is 0 Å². The molecule has 1 N–H and O–H groups in total. The summed E-state index contributed by atoms with van der Waals surface area (Å²) in [5.74, 6) is 1.70. The minimum atomic E-state index is -0.255. The number of para-hydroxylation sites is 2. The summed E-state index contributed by atoms with van der Waals surface area (Å²) in [4.78, 5) is 17.6. The van der Waals surface area contributed by atoms with Crippen LogP contribution in [0.4, 0.5) is 5.69 Å². The SMILES string of the molecule is COc1ccccc1NC(=O)CSc1nc(-c2ccccc2)cc(-c2cc(OC)c(OC)c(OC)c2)c1C#N. The second kappa shape index (κ2) is 12.7. The molecule has 3 aromatic carbocycles. The lowest BCUT2D eigenvalue weighted by molar-refractivity contribution is -0.113. The highest BCUT2D eigenvalue weighted by Gasteiger charge is 2.21. The summed E-state index contributed by atoms with van der Waals surface area (Å²) < 4.78 is 21.9. The van der Waals surface area contributed by atoms with Gasteiger partial charge in [0.1, 0.15) is 16.8 Å². The fraction of sp³-hybridized carbons (Fsp3) is 0.167. The monoisotopic (exact) mass is 541 g/mol. The quantitative estimate of drug-likeness (QED) is 0.242. The number of aromatic nitrogens is 1. The molecule has 0 saturated heterocycles. The number of rotatable bonds is 10. The molecule has 0 saturated carbocycles. The number of nitriles is 1. The van der Waals surface area contributed by atoms with E-state index < -0.39 is 0 Å². The highest BCUT2D eigenvalue weighted by Crippen LogP contribution is 2.43. The van der Waals surface area contributed by atoms with E-state index in [0.29, 0.717) is 56.1 Å². The molecule has 1 amide bonds. The number of anilines is 1. The van der Waals surface area contributed by atoms with E-state index in [1.54, 1.807) is 31.4 Å². The van der Waals surface area contributed by atoms with Crippen molar-refractivity contribution in [1.82, 2.24) is 4.98 Å². The molecule has 0 bridgehead atoms. The minimum Gasteiger partial charge on any atom is -0.495 e. The zero-order valence-corrected chi connectivity index (χ0v) is 22.8. The van der Waals surface area contributed by atoms with Crippen molar-refractivity contribution in [1.29, 1.82) is 5.26 Å². The van der Waals surface area contributed by atoms with Gasteiger partial charge in [0.25, 0.3) is 0 Å². The summed E-state index contributed by atoms with van der Waals surface area (Å²) >= 11 is 1.18. The lowest BCUT2D eigenvalue weighted by Crippen LogP contribution is -2.15. The third kappa shape index (κ3) is 6.08. The van der Waals surface area contributed by atoms with Crippen LogP contribution in [0, 0.1) is 11.3 Å². The van der Waals surface area contributed by atoms with Crippen LogP contribution in [0.5, 0.6) is 23.0 Å². The molecule has 0 fully saturated rings. The maximum absolute atomic E-state index is 12.9. The lowest BCUT2D eigenvalue weighted by atomic mass is 9.98. The molecule has 0 aliphatic heterocycles. The van der Waals surface area contributed by atoms with Crippen molar-refractivity contribution in [2.45, 2.75) is 5.03 Å². The highest BCUT2D eigenvalue weighted by atomic mass is 32.2. The Labute approximate surface area is 231 Å². The largest absolute Gasteiger partial charge is 0.495 e. The maximum atomic E-state index is 12.9. The molecule has 4 rings (SSSR count). The molecule has 9 heteroatoms. The summed E-state index contributed by atoms with van der Waals surface area (Å²) in [6, 6.07) is 24.5. The van der Waals surface area contributed by atoms with Gasteiger partial charge in [-0.2, -0.15) is 5.26 Å². The molecule has 0 aliphatic rings. The molecule has 0 radical (unpaired) electrons. The number of carbonyl (C=O) groups is 1. The number of nitrogens with one attached hydrogen (secondary N) is 1. The molecule has 1 aromatic heterocycles. The van der Waals surface area contributed by atoms with Crippen LogP contribution < -0.4 is 24.3 Å². The van der Waals surface area contributed by atoms with E-state index in [9.17, 15) is 10.1 Å². The van der Waals surface area contributed by atoms with Crippen LogP contribution in [-0.4, -0.2) is 45.1 Å². The van der Waals surface area contributed by atoms with E-state index in [2.05, 4.69) is 11.4 Å². The van der Waals surface area contributed by atoms with E-state index in [4.69, 9.17) is 23.9 Å². The molecule has 1 heterocycles. The fourth-order valence-corrected chi connectivity index (χ4v) is 4.83. The number of pyridine rings is 1. The predicted molar refractivity (Wildman–Crippen MR) is 152 cm³/mol. The van der Waals surface area contributed by atoms with Gasteiger partial charge in [-0.3, -0.25) is 4.79 Å². The predicted octanol–water partition coefficient (Wildman–Crippen LogP) is 6.05. The summed E-state index contributed by atoms with van der Waals surface area (Å²) in [7, 11) is 6.15. The first-order valence-corrected chi connectivity index (χ1v) is 12.9. The van der Waals surface area contributed by atoms with Crippen molar-refractivity contribution in [3.05, 3.63) is 78.4 Å². The van der Waals surface area contributed by atoms with Crippen LogP contribution in [0.3, 0.4) is 0 Å². The Morgan fingerprint density at radius 3 is 2.10 bits per heavy atom. The van der Waals surface area contributed by atoms with Gasteiger partial charge in [0.15, 0.2) is 11.5 Å². The standard InChI is InChI=1S/C30H27N3O5S/c1-35-25-13-9-8-12-23(25)32-28(34)18-39-30-22(17-31)21(16-24(33-30)19-10-6-5-7-11-19)20-14-26(36-2)29(38-4)27(15-20)37-3/h5-16H,18H2,1-4H3,(H,32,34). The van der Waals surface area contributed by atoms with Crippen molar-refractivity contribution in [2.75, 3.05) is 39.5 Å². The summed E-state index contributed by atoms with van der Waals surface area (Å²) in [5.41, 5.74) is 3.73. The number of amides is 1. The highest BCUT2D eigenvalue weighted by molar-refractivity contribution is 8.00. The molecule has 4 aromatic rings. The Balaban J connectivity index is 1.77. The number of thioether (sulfide) groups is 1. The average Bonchev–Trinajstić information content (AvgIpc) is 2.99. The Morgan fingerprint density at radius 2 is 1.49 bits per heavy atom. The molecular weight excluding hydrogens is 514 g/mol. The number of methoxy groups -OCH3 is 4. The van der Waals surface area contributed by atoms with E-state index in [-0.39, 0.29) is 11.7 Å². The topological polar surface area (TPSA) is 103 Å². The first kappa shape index (κ1) is 27.4. The number of hydrogen-bond donors (Lipinski definition) is 1. The Kier molecular flexibility index (Phi) is 8.92. The van der Waals surface area contributed by atoms with Gasteiger partial charge in [-0.25, -0.2) is 4.98 Å². The van der Waals surface area contributed by atoms with Crippen molar-refractivity contribution in [2.24, 2.45) is 0 Å². The summed E-state index contributed by atoms with van der Waals surface area (Å²) in [6.45, 7) is 0. The van der Waals surface area contributed by atoms with Crippen molar-refractivity contribution < 1.29 is 23.7 Å². The Bertz CT molecular complexity index is 1490. The van der Waals surface area contributed by atoms with Crippen LogP contribution in [-0.2, 0) is 4.79 Å². The Morgan fingerprint density at radius 1 is 0.846 bits per heavy atom. The number of carbonyl (C=O) groups excluding carboxylic acids is 1.